The fourth-order valence-corrected chi connectivity index (χ4v) is 1.15. The van der Waals surface area contributed by atoms with Gasteiger partial charge in [0.2, 0.25) is 0 Å². The van der Waals surface area contributed by atoms with Gasteiger partial charge in [0.05, 0.1) is 6.42 Å². The van der Waals surface area contributed by atoms with Crippen LogP contribution in [0.25, 0.3) is 4.85 Å². The van der Waals surface area contributed by atoms with E-state index in [9.17, 15) is 9.59 Å². The molecule has 0 radical (unpaired) electrons. The standard InChI is InChI=1S/C12H20N2O3/c1-12(2,3)17-11(16)14-9-7-5-6-8-10(15)13-4/h4H,5-9H2,1-3H3/p+1. The van der Waals surface area contributed by atoms with E-state index in [2.05, 4.69) is 10.2 Å². The van der Waals surface area contributed by atoms with Crippen molar-refractivity contribution < 1.29 is 14.3 Å². The zero-order chi connectivity index (χ0) is 13.3. The van der Waals surface area contributed by atoms with Gasteiger partial charge in [0, 0.05) is 11.4 Å². The molecule has 2 amide bonds. The quantitative estimate of drug-likeness (QED) is 0.727. The maximum Gasteiger partial charge on any atom is 0.514 e. The smallest absolute Gasteiger partial charge is 0.444 e. The highest BCUT2D eigenvalue weighted by Crippen LogP contribution is 2.06. The number of ether oxygens (including phenoxy) is 1. The summed E-state index contributed by atoms with van der Waals surface area (Å²) >= 11 is 0. The maximum absolute atomic E-state index is 11.2. The van der Waals surface area contributed by atoms with Gasteiger partial charge in [0.1, 0.15) is 5.60 Å². The van der Waals surface area contributed by atoms with Crippen LogP contribution >= 0.6 is 0 Å². The number of alkyl carbamates (subject to hydrolysis) is 1. The van der Waals surface area contributed by atoms with Crippen molar-refractivity contribution in [2.45, 2.75) is 52.1 Å². The van der Waals surface area contributed by atoms with Gasteiger partial charge in [-0.05, 0) is 33.6 Å². The fraction of sp³-hybridized carbons (Fsp3) is 0.750. The predicted octanol–water partition coefficient (Wildman–Crippen LogP) is 2.56. The zero-order valence-corrected chi connectivity index (χ0v) is 10.8. The first kappa shape index (κ1) is 15.4. The highest BCUT2D eigenvalue weighted by Gasteiger charge is 2.15. The van der Waals surface area contributed by atoms with Crippen molar-refractivity contribution in [2.24, 2.45) is 0 Å². The number of nitrogens with one attached hydrogen (secondary N) is 1. The first-order valence-electron chi connectivity index (χ1n) is 5.76. The second kappa shape index (κ2) is 7.66. The average Bonchev–Trinajstić information content (AvgIpc) is 2.20. The Bertz CT molecular complexity index is 300. The molecule has 0 heterocycles. The normalized spacial score (nSPS) is 10.5. The molecule has 5 heteroatoms. The molecule has 17 heavy (non-hydrogen) atoms. The summed E-state index contributed by atoms with van der Waals surface area (Å²) in [6, 6.07) is 0. The molecule has 0 atom stereocenters. The molecule has 0 aliphatic rings. The molecule has 0 bridgehead atoms. The van der Waals surface area contributed by atoms with Gasteiger partial charge in [0.25, 0.3) is 6.57 Å². The summed E-state index contributed by atoms with van der Waals surface area (Å²) in [6.07, 6.45) is 2.33. The molecule has 0 aromatic rings. The monoisotopic (exact) mass is 241 g/mol. The van der Waals surface area contributed by atoms with E-state index in [0.717, 1.165) is 19.3 Å². The Labute approximate surface area is 102 Å². The second-order valence-electron chi connectivity index (χ2n) is 4.76. The van der Waals surface area contributed by atoms with Crippen molar-refractivity contribution >= 4 is 12.0 Å². The summed E-state index contributed by atoms with van der Waals surface area (Å²) in [7, 11) is 0. The molecule has 0 aliphatic heterocycles. The fourth-order valence-electron chi connectivity index (χ4n) is 1.15. The Morgan fingerprint density at radius 2 is 1.88 bits per heavy atom. The highest BCUT2D eigenvalue weighted by atomic mass is 16.6. The van der Waals surface area contributed by atoms with Crippen LogP contribution in [0.5, 0.6) is 0 Å². The molecule has 0 rings (SSSR count). The van der Waals surface area contributed by atoms with Crippen LogP contribution in [-0.2, 0) is 9.53 Å². The molecule has 0 saturated carbocycles. The molecule has 0 saturated heterocycles. The molecule has 0 unspecified atom stereocenters. The van der Waals surface area contributed by atoms with Crippen LogP contribution in [0.15, 0.2) is 0 Å². The summed E-state index contributed by atoms with van der Waals surface area (Å²) in [5, 5.41) is 2.65. The largest absolute Gasteiger partial charge is 0.514 e. The lowest BCUT2D eigenvalue weighted by atomic mass is 10.2. The van der Waals surface area contributed by atoms with Gasteiger partial charge in [-0.1, -0.05) is 6.42 Å². The van der Waals surface area contributed by atoms with Crippen LogP contribution in [0.1, 0.15) is 46.5 Å². The minimum Gasteiger partial charge on any atom is -0.444 e. The van der Waals surface area contributed by atoms with Crippen molar-refractivity contribution in [2.75, 3.05) is 6.54 Å². The molecular weight excluding hydrogens is 220 g/mol. The van der Waals surface area contributed by atoms with Crippen LogP contribution in [0.2, 0.25) is 0 Å². The van der Waals surface area contributed by atoms with E-state index in [0.29, 0.717) is 13.0 Å². The van der Waals surface area contributed by atoms with Gasteiger partial charge in [0.15, 0.2) is 0 Å². The van der Waals surface area contributed by atoms with Crippen LogP contribution in [0.4, 0.5) is 4.79 Å². The van der Waals surface area contributed by atoms with E-state index in [4.69, 9.17) is 11.3 Å². The number of unbranched alkanes of at least 4 members (excludes halogenated alkanes) is 2. The minimum atomic E-state index is -0.473. The Hall–Kier alpha value is -1.57. The number of rotatable bonds is 6. The average molecular weight is 241 g/mol. The van der Waals surface area contributed by atoms with E-state index in [-0.39, 0.29) is 5.91 Å². The van der Waals surface area contributed by atoms with Crippen LogP contribution in [0.3, 0.4) is 0 Å². The SMILES string of the molecule is C#[N+]C(=O)CCCCCNC(=O)OC(C)(C)C. The Morgan fingerprint density at radius 3 is 2.41 bits per heavy atom. The topological polar surface area (TPSA) is 59.8 Å². The van der Waals surface area contributed by atoms with Gasteiger partial charge in [-0.3, -0.25) is 0 Å². The lowest BCUT2D eigenvalue weighted by Gasteiger charge is -2.19. The van der Waals surface area contributed by atoms with Gasteiger partial charge >= 0.3 is 12.0 Å². The van der Waals surface area contributed by atoms with E-state index in [1.54, 1.807) is 0 Å². The highest BCUT2D eigenvalue weighted by molar-refractivity contribution is 5.85. The number of hydrogen-bond donors (Lipinski definition) is 1. The third-order valence-corrected chi connectivity index (χ3v) is 1.88. The third-order valence-electron chi connectivity index (χ3n) is 1.88. The first-order chi connectivity index (χ1) is 7.85. The Morgan fingerprint density at radius 1 is 1.24 bits per heavy atom. The summed E-state index contributed by atoms with van der Waals surface area (Å²) in [6.45, 7) is 10.8. The van der Waals surface area contributed by atoms with Crippen molar-refractivity contribution in [1.29, 1.82) is 0 Å². The number of amides is 2. The summed E-state index contributed by atoms with van der Waals surface area (Å²) in [4.78, 5) is 25.0. The van der Waals surface area contributed by atoms with E-state index in [1.807, 2.05) is 20.8 Å². The van der Waals surface area contributed by atoms with Crippen LogP contribution in [0, 0.1) is 6.57 Å². The van der Waals surface area contributed by atoms with Crippen molar-refractivity contribution in [1.82, 2.24) is 5.32 Å². The summed E-state index contributed by atoms with van der Waals surface area (Å²) < 4.78 is 5.06. The predicted molar refractivity (Wildman–Crippen MR) is 66.0 cm³/mol. The maximum atomic E-state index is 11.2. The Balaban J connectivity index is 3.44. The Kier molecular flexibility index (Phi) is 6.95. The van der Waals surface area contributed by atoms with Gasteiger partial charge in [-0.25, -0.2) is 9.59 Å². The lowest BCUT2D eigenvalue weighted by Crippen LogP contribution is -2.32. The number of carbonyl (C=O) groups is 2. The zero-order valence-electron chi connectivity index (χ0n) is 10.8. The van der Waals surface area contributed by atoms with Crippen LogP contribution in [-0.4, -0.2) is 24.1 Å². The molecule has 0 aliphatic carbocycles. The van der Waals surface area contributed by atoms with E-state index >= 15 is 0 Å². The molecular formula is C12H21N2O3+. The summed E-state index contributed by atoms with van der Waals surface area (Å²) in [5.41, 5.74) is -0.473. The van der Waals surface area contributed by atoms with Crippen molar-refractivity contribution in [3.63, 3.8) is 0 Å². The van der Waals surface area contributed by atoms with Crippen molar-refractivity contribution in [3.8, 4) is 6.57 Å². The molecule has 1 N–H and O–H groups in total. The third kappa shape index (κ3) is 10.7. The summed E-state index contributed by atoms with van der Waals surface area (Å²) in [5.74, 6) is -0.287. The van der Waals surface area contributed by atoms with E-state index < -0.39 is 11.7 Å². The lowest BCUT2D eigenvalue weighted by molar-refractivity contribution is -0.114. The molecule has 0 aromatic heterocycles. The first-order valence-corrected chi connectivity index (χ1v) is 5.76. The van der Waals surface area contributed by atoms with Gasteiger partial charge in [-0.15, -0.1) is 0 Å². The second-order valence-corrected chi connectivity index (χ2v) is 4.76. The molecule has 0 spiro atoms. The molecule has 0 aromatic carbocycles. The van der Waals surface area contributed by atoms with Crippen molar-refractivity contribution in [3.05, 3.63) is 4.85 Å². The van der Waals surface area contributed by atoms with E-state index in [1.165, 1.54) is 0 Å². The van der Waals surface area contributed by atoms with Gasteiger partial charge in [-0.2, -0.15) is 0 Å². The number of hydrogen-bond acceptors (Lipinski definition) is 3. The molecule has 5 nitrogen and oxygen atoms in total. The minimum absolute atomic E-state index is 0.287. The van der Waals surface area contributed by atoms with Crippen LogP contribution < -0.4 is 5.32 Å². The van der Waals surface area contributed by atoms with Gasteiger partial charge < -0.3 is 10.1 Å². The molecule has 0 fully saturated rings. The number of nitrogens with zero attached hydrogens (tertiary/aromatic N) is 1. The number of carbonyl (C=O) groups excluding carboxylic acids is 2. The molecule has 96 valence electrons.